The molecule has 2 heteroatoms. The van der Waals surface area contributed by atoms with Crippen molar-refractivity contribution in [2.24, 2.45) is 0 Å². The topological polar surface area (TPSA) is 37.3 Å². The third-order valence-electron chi connectivity index (χ3n) is 4.35. The molecular formula is C15H18O2. The first-order valence-corrected chi connectivity index (χ1v) is 6.56. The normalized spacial score (nSPS) is 22.6. The molecule has 0 spiro atoms. The monoisotopic (exact) mass is 230 g/mol. The van der Waals surface area contributed by atoms with Crippen LogP contribution in [0.15, 0.2) is 24.3 Å². The molecule has 1 aromatic rings. The molecule has 0 aromatic heterocycles. The second-order valence-electron chi connectivity index (χ2n) is 5.49. The molecule has 1 aromatic carbocycles. The smallest absolute Gasteiger partial charge is 0.314 e. The van der Waals surface area contributed by atoms with Crippen molar-refractivity contribution in [3.63, 3.8) is 0 Å². The quantitative estimate of drug-likeness (QED) is 0.863. The molecule has 1 N–H and O–H groups in total. The predicted molar refractivity (Wildman–Crippen MR) is 66.2 cm³/mol. The lowest BCUT2D eigenvalue weighted by Crippen LogP contribution is -2.32. The highest BCUT2D eigenvalue weighted by Gasteiger charge is 2.43. The first-order valence-electron chi connectivity index (χ1n) is 6.56. The van der Waals surface area contributed by atoms with E-state index in [0.717, 1.165) is 31.2 Å². The van der Waals surface area contributed by atoms with Crippen molar-refractivity contribution < 1.29 is 9.90 Å². The maximum Gasteiger partial charge on any atom is 0.314 e. The third-order valence-corrected chi connectivity index (χ3v) is 4.35. The molecule has 0 unspecified atom stereocenters. The van der Waals surface area contributed by atoms with E-state index in [-0.39, 0.29) is 0 Å². The second kappa shape index (κ2) is 3.86. The maximum atomic E-state index is 11.6. The number of hydrogen-bond donors (Lipinski definition) is 1. The van der Waals surface area contributed by atoms with Crippen LogP contribution < -0.4 is 0 Å². The fourth-order valence-electron chi connectivity index (χ4n) is 3.11. The van der Waals surface area contributed by atoms with Gasteiger partial charge in [0.25, 0.3) is 0 Å². The zero-order valence-electron chi connectivity index (χ0n) is 9.98. The Bertz CT molecular complexity index is 440. The van der Waals surface area contributed by atoms with Crippen molar-refractivity contribution >= 4 is 5.97 Å². The van der Waals surface area contributed by atoms with Crippen LogP contribution in [0.5, 0.6) is 0 Å². The van der Waals surface area contributed by atoms with Crippen LogP contribution in [0.3, 0.4) is 0 Å². The van der Waals surface area contributed by atoms with Crippen LogP contribution in [0, 0.1) is 0 Å². The molecule has 2 aliphatic rings. The summed E-state index contributed by atoms with van der Waals surface area (Å²) in [7, 11) is 0. The SMILES string of the molecule is O=C(O)C1(c2cccc(C3CC3)c2)CCCC1. The van der Waals surface area contributed by atoms with Crippen molar-refractivity contribution in [1.29, 1.82) is 0 Å². The lowest BCUT2D eigenvalue weighted by atomic mass is 9.78. The molecule has 2 saturated carbocycles. The number of rotatable bonds is 3. The molecule has 0 aliphatic heterocycles. The molecule has 3 rings (SSSR count). The highest BCUT2D eigenvalue weighted by molar-refractivity contribution is 5.81. The summed E-state index contributed by atoms with van der Waals surface area (Å²) in [5.41, 5.74) is 1.78. The number of hydrogen-bond acceptors (Lipinski definition) is 1. The van der Waals surface area contributed by atoms with Crippen molar-refractivity contribution in [1.82, 2.24) is 0 Å². The minimum Gasteiger partial charge on any atom is -0.481 e. The Kier molecular flexibility index (Phi) is 2.46. The molecule has 0 atom stereocenters. The Morgan fingerprint density at radius 1 is 1.24 bits per heavy atom. The van der Waals surface area contributed by atoms with Crippen LogP contribution in [-0.4, -0.2) is 11.1 Å². The van der Waals surface area contributed by atoms with Crippen LogP contribution >= 0.6 is 0 Å². The average Bonchev–Trinajstić information content (AvgIpc) is 3.06. The number of carboxylic acid groups (broad SMARTS) is 1. The van der Waals surface area contributed by atoms with Crippen molar-refractivity contribution in [2.75, 3.05) is 0 Å². The van der Waals surface area contributed by atoms with E-state index in [1.165, 1.54) is 18.4 Å². The van der Waals surface area contributed by atoms with E-state index >= 15 is 0 Å². The summed E-state index contributed by atoms with van der Waals surface area (Å²) in [6.07, 6.45) is 6.22. The zero-order valence-corrected chi connectivity index (χ0v) is 9.98. The fourth-order valence-corrected chi connectivity index (χ4v) is 3.11. The summed E-state index contributed by atoms with van der Waals surface area (Å²) in [4.78, 5) is 11.6. The number of benzene rings is 1. The van der Waals surface area contributed by atoms with Crippen LogP contribution in [0.4, 0.5) is 0 Å². The van der Waals surface area contributed by atoms with Gasteiger partial charge in [0.2, 0.25) is 0 Å². The van der Waals surface area contributed by atoms with E-state index in [1.807, 2.05) is 12.1 Å². The van der Waals surface area contributed by atoms with Gasteiger partial charge >= 0.3 is 5.97 Å². The molecule has 0 amide bonds. The lowest BCUT2D eigenvalue weighted by molar-refractivity contribution is -0.143. The van der Waals surface area contributed by atoms with E-state index < -0.39 is 11.4 Å². The predicted octanol–water partition coefficient (Wildman–Crippen LogP) is 3.46. The van der Waals surface area contributed by atoms with Gasteiger partial charge in [-0.1, -0.05) is 37.1 Å². The zero-order chi connectivity index (χ0) is 11.9. The molecule has 2 nitrogen and oxygen atoms in total. The molecule has 2 aliphatic carbocycles. The van der Waals surface area contributed by atoms with Gasteiger partial charge in [-0.2, -0.15) is 0 Å². The summed E-state index contributed by atoms with van der Waals surface area (Å²) < 4.78 is 0. The molecule has 0 bridgehead atoms. The van der Waals surface area contributed by atoms with Gasteiger partial charge in [0.1, 0.15) is 0 Å². The van der Waals surface area contributed by atoms with Gasteiger partial charge < -0.3 is 5.11 Å². The van der Waals surface area contributed by atoms with Crippen LogP contribution in [-0.2, 0) is 10.2 Å². The summed E-state index contributed by atoms with van der Waals surface area (Å²) in [6, 6.07) is 8.33. The third kappa shape index (κ3) is 1.76. The second-order valence-corrected chi connectivity index (χ2v) is 5.49. The molecule has 0 saturated heterocycles. The summed E-state index contributed by atoms with van der Waals surface area (Å²) >= 11 is 0. The van der Waals surface area contributed by atoms with E-state index in [4.69, 9.17) is 0 Å². The number of carbonyl (C=O) groups is 1. The Morgan fingerprint density at radius 2 is 1.94 bits per heavy atom. The summed E-state index contributed by atoms with van der Waals surface area (Å²) in [5.74, 6) is 0.0603. The molecule has 0 radical (unpaired) electrons. The van der Waals surface area contributed by atoms with Gasteiger partial charge in [-0.15, -0.1) is 0 Å². The van der Waals surface area contributed by atoms with Crippen LogP contribution in [0.2, 0.25) is 0 Å². The van der Waals surface area contributed by atoms with Crippen LogP contribution in [0.25, 0.3) is 0 Å². The van der Waals surface area contributed by atoms with Gasteiger partial charge in [-0.25, -0.2) is 0 Å². The molecule has 2 fully saturated rings. The van der Waals surface area contributed by atoms with Gasteiger partial charge in [-0.3, -0.25) is 4.79 Å². The van der Waals surface area contributed by atoms with Gasteiger partial charge in [-0.05, 0) is 42.7 Å². The average molecular weight is 230 g/mol. The van der Waals surface area contributed by atoms with Crippen LogP contribution in [0.1, 0.15) is 55.6 Å². The van der Waals surface area contributed by atoms with Crippen molar-refractivity contribution in [3.8, 4) is 0 Å². The Hall–Kier alpha value is -1.31. The summed E-state index contributed by atoms with van der Waals surface area (Å²) in [6.45, 7) is 0. The van der Waals surface area contributed by atoms with E-state index in [1.54, 1.807) is 0 Å². The minimum absolute atomic E-state index is 0.592. The van der Waals surface area contributed by atoms with E-state index in [9.17, 15) is 9.90 Å². The minimum atomic E-state index is -0.636. The van der Waals surface area contributed by atoms with Crippen molar-refractivity contribution in [3.05, 3.63) is 35.4 Å². The Morgan fingerprint density at radius 3 is 2.53 bits per heavy atom. The Labute approximate surface area is 102 Å². The van der Waals surface area contributed by atoms with Crippen molar-refractivity contribution in [2.45, 2.75) is 49.9 Å². The first-order chi connectivity index (χ1) is 8.22. The molecule has 17 heavy (non-hydrogen) atoms. The first kappa shape index (κ1) is 10.8. The molecule has 0 heterocycles. The fraction of sp³-hybridized carbons (Fsp3) is 0.533. The highest BCUT2D eigenvalue weighted by Crippen LogP contribution is 2.45. The number of carboxylic acids is 1. The summed E-state index contributed by atoms with van der Waals surface area (Å²) in [5, 5.41) is 9.56. The largest absolute Gasteiger partial charge is 0.481 e. The van der Waals surface area contributed by atoms with Gasteiger partial charge in [0.15, 0.2) is 0 Å². The van der Waals surface area contributed by atoms with E-state index in [2.05, 4.69) is 12.1 Å². The Balaban J connectivity index is 2.00. The highest BCUT2D eigenvalue weighted by atomic mass is 16.4. The maximum absolute atomic E-state index is 11.6. The van der Waals surface area contributed by atoms with Gasteiger partial charge in [0.05, 0.1) is 5.41 Å². The standard InChI is InChI=1S/C15H18O2/c16-14(17)15(8-1-2-9-15)13-5-3-4-12(10-13)11-6-7-11/h3-5,10-11H,1-2,6-9H2,(H,16,17). The number of aliphatic carboxylic acids is 1. The van der Waals surface area contributed by atoms with Gasteiger partial charge in [0, 0.05) is 0 Å². The molecular weight excluding hydrogens is 212 g/mol. The molecule has 90 valence electrons. The lowest BCUT2D eigenvalue weighted by Gasteiger charge is -2.24. The van der Waals surface area contributed by atoms with E-state index in [0.29, 0.717) is 5.92 Å².